The highest BCUT2D eigenvalue weighted by Gasteiger charge is 1.73. The molecule has 6 heavy (non-hydrogen) atoms. The molecule has 0 saturated heterocycles. The molecule has 0 amide bonds. The van der Waals surface area contributed by atoms with Crippen LogP contribution in [0.25, 0.3) is 0 Å². The Kier molecular flexibility index (Phi) is 0.765. The largest absolute Gasteiger partial charge is 0.409 e. The Hall–Kier alpha value is -0.560. The van der Waals surface area contributed by atoms with Crippen molar-refractivity contribution in [2.75, 3.05) is 0 Å². The van der Waals surface area contributed by atoms with Crippen LogP contribution >= 0.6 is 8.35 Å². The van der Waals surface area contributed by atoms with Crippen molar-refractivity contribution in [1.82, 2.24) is 9.71 Å². The van der Waals surface area contributed by atoms with Crippen LogP contribution in [-0.2, 0) is 0 Å². The summed E-state index contributed by atoms with van der Waals surface area (Å²) in [4.78, 5) is 0. The smallest absolute Gasteiger partial charge is 0.0820 e. The second-order valence-corrected chi connectivity index (χ2v) is 1.68. The maximum absolute atomic E-state index is 8.32. The first-order chi connectivity index (χ1) is 2.89. The van der Waals surface area contributed by atoms with Crippen molar-refractivity contribution in [2.45, 2.75) is 0 Å². The monoisotopic (exact) mass is 102 g/mol. The normalized spacial score (nSPS) is 10.0. The summed E-state index contributed by atoms with van der Waals surface area (Å²) >= 11 is 0. The molecule has 0 unspecified atom stereocenters. The van der Waals surface area contributed by atoms with Crippen molar-refractivity contribution in [2.24, 2.45) is 0 Å². The molecule has 0 bridgehead atoms. The van der Waals surface area contributed by atoms with Crippen LogP contribution < -0.4 is 0 Å². The van der Waals surface area contributed by atoms with E-state index in [2.05, 4.69) is 5.10 Å². The third-order valence-electron chi connectivity index (χ3n) is 0.407. The fourth-order valence-corrected chi connectivity index (χ4v) is 0.566. The van der Waals surface area contributed by atoms with E-state index >= 15 is 0 Å². The summed E-state index contributed by atoms with van der Waals surface area (Å²) in [5.41, 5.74) is 0. The lowest BCUT2D eigenvalue weighted by Gasteiger charge is -1.75. The molecule has 1 rings (SSSR count). The fraction of sp³-hybridized carbons (Fsp3) is 0. The van der Waals surface area contributed by atoms with Crippen LogP contribution in [-0.4, -0.2) is 14.9 Å². The molecule has 0 atom stereocenters. The summed E-state index contributed by atoms with van der Waals surface area (Å²) in [5, 5.41) is 11.8. The maximum atomic E-state index is 8.32. The molecule has 4 heteroatoms. The van der Waals surface area contributed by atoms with Crippen molar-refractivity contribution in [1.29, 1.82) is 0 Å². The van der Waals surface area contributed by atoms with E-state index in [0.717, 1.165) is 13.0 Å². The lowest BCUT2D eigenvalue weighted by Crippen LogP contribution is -1.81. The zero-order valence-corrected chi connectivity index (χ0v) is 3.84. The third-order valence-corrected chi connectivity index (χ3v) is 0.983. The molecule has 1 N–H and O–H groups in total. The van der Waals surface area contributed by atoms with Crippen LogP contribution in [0, 0.1) is 0 Å². The van der Waals surface area contributed by atoms with E-state index in [1.54, 1.807) is 12.0 Å². The summed E-state index contributed by atoms with van der Waals surface area (Å²) in [5.74, 6) is 1.74. The first-order valence-electron chi connectivity index (χ1n) is 1.45. The average molecular weight is 102 g/mol. The van der Waals surface area contributed by atoms with Crippen molar-refractivity contribution >= 4 is 8.35 Å². The number of hydrogen-bond donors (Lipinski definition) is 1. The Balaban J connectivity index is 3.05. The van der Waals surface area contributed by atoms with Crippen LogP contribution in [0.4, 0.5) is 0 Å². The molecule has 0 spiro atoms. The van der Waals surface area contributed by atoms with Crippen molar-refractivity contribution < 1.29 is 5.21 Å². The number of aromatic nitrogens is 2. The van der Waals surface area contributed by atoms with Gasteiger partial charge >= 0.3 is 0 Å². The van der Waals surface area contributed by atoms with Crippen molar-refractivity contribution in [3.8, 4) is 0 Å². The summed E-state index contributed by atoms with van der Waals surface area (Å²) in [7, 11) is 0.731. The Morgan fingerprint density at radius 3 is 2.83 bits per heavy atom. The lowest BCUT2D eigenvalue weighted by molar-refractivity contribution is 0.181. The molecule has 0 aliphatic heterocycles. The summed E-state index contributed by atoms with van der Waals surface area (Å²) in [6.45, 7) is 0. The van der Waals surface area contributed by atoms with Gasteiger partial charge in [-0.1, -0.05) is 4.61 Å². The highest BCUT2D eigenvalue weighted by atomic mass is 31.0. The molecule has 0 fully saturated rings. The standard InChI is InChI=1S/C2H3N2OP/c5-4-3-1-2-6-4/h1-2,5H. The predicted molar refractivity (Wildman–Crippen MR) is 21.9 cm³/mol. The highest BCUT2D eigenvalue weighted by molar-refractivity contribution is 7.24. The molecule has 1 heterocycles. The Morgan fingerprint density at radius 2 is 2.67 bits per heavy atom. The van der Waals surface area contributed by atoms with Gasteiger partial charge in [0.2, 0.25) is 0 Å². The van der Waals surface area contributed by atoms with E-state index in [1.807, 2.05) is 0 Å². The minimum Gasteiger partial charge on any atom is -0.409 e. The Morgan fingerprint density at radius 1 is 1.83 bits per heavy atom. The van der Waals surface area contributed by atoms with Crippen LogP contribution in [0.3, 0.4) is 0 Å². The number of rotatable bonds is 0. The molecule has 0 saturated carbocycles. The van der Waals surface area contributed by atoms with Gasteiger partial charge in [0.15, 0.2) is 0 Å². The minimum atomic E-state index is 0.731. The van der Waals surface area contributed by atoms with E-state index in [0.29, 0.717) is 0 Å². The Labute approximate surface area is 36.3 Å². The van der Waals surface area contributed by atoms with Crippen LogP contribution in [0.15, 0.2) is 12.0 Å². The first-order valence-corrected chi connectivity index (χ1v) is 2.37. The van der Waals surface area contributed by atoms with E-state index in [9.17, 15) is 0 Å². The predicted octanol–water partition coefficient (Wildman–Crippen LogP) is 0.700. The zero-order valence-electron chi connectivity index (χ0n) is 2.94. The maximum Gasteiger partial charge on any atom is 0.0820 e. The second-order valence-electron chi connectivity index (χ2n) is 0.797. The van der Waals surface area contributed by atoms with E-state index in [-0.39, 0.29) is 0 Å². The second kappa shape index (κ2) is 1.27. The Bertz CT molecular complexity index is 115. The van der Waals surface area contributed by atoms with Crippen molar-refractivity contribution in [3.63, 3.8) is 0 Å². The number of hydrogen-bond acceptors (Lipinski definition) is 2. The summed E-state index contributed by atoms with van der Waals surface area (Å²) in [6.07, 6.45) is 1.54. The van der Waals surface area contributed by atoms with Gasteiger partial charge in [0, 0.05) is 5.80 Å². The molecular formula is C2H3N2OP. The van der Waals surface area contributed by atoms with Gasteiger partial charge < -0.3 is 5.21 Å². The van der Waals surface area contributed by atoms with Gasteiger partial charge in [0.1, 0.15) is 0 Å². The molecule has 0 aliphatic rings. The highest BCUT2D eigenvalue weighted by Crippen LogP contribution is 1.94. The zero-order chi connectivity index (χ0) is 4.41. The van der Waals surface area contributed by atoms with Gasteiger partial charge in [-0.3, -0.25) is 0 Å². The minimum absolute atomic E-state index is 0.731. The molecule has 3 nitrogen and oxygen atoms in total. The van der Waals surface area contributed by atoms with E-state index in [4.69, 9.17) is 5.21 Å². The molecule has 1 aromatic heterocycles. The van der Waals surface area contributed by atoms with Crippen LogP contribution in [0.1, 0.15) is 0 Å². The quantitative estimate of drug-likeness (QED) is 0.489. The van der Waals surface area contributed by atoms with Gasteiger partial charge in [0.25, 0.3) is 0 Å². The van der Waals surface area contributed by atoms with Gasteiger partial charge in [-0.15, -0.1) is 5.10 Å². The molecule has 1 aromatic rings. The molecule has 0 aromatic carbocycles. The molecular weight excluding hydrogens is 99.0 g/mol. The van der Waals surface area contributed by atoms with Gasteiger partial charge in [0.05, 0.1) is 14.5 Å². The molecule has 0 radical (unpaired) electrons. The van der Waals surface area contributed by atoms with Gasteiger partial charge in [-0.05, 0) is 0 Å². The third kappa shape index (κ3) is 0.494. The SMILES string of the molecule is On1nccp1. The average Bonchev–Trinajstić information content (AvgIpc) is 1.86. The molecule has 32 valence electrons. The summed E-state index contributed by atoms with van der Waals surface area (Å²) in [6, 6.07) is 0. The van der Waals surface area contributed by atoms with Crippen molar-refractivity contribution in [3.05, 3.63) is 12.0 Å². The first kappa shape index (κ1) is 3.62. The molecule has 0 aliphatic carbocycles. The van der Waals surface area contributed by atoms with E-state index < -0.39 is 0 Å². The summed E-state index contributed by atoms with van der Waals surface area (Å²) < 4.78 is 0.847. The number of nitrogens with zero attached hydrogens (tertiary/aromatic N) is 2. The van der Waals surface area contributed by atoms with E-state index in [1.165, 1.54) is 0 Å². The lowest BCUT2D eigenvalue weighted by atomic mass is 11.1. The topological polar surface area (TPSA) is 38.0 Å². The van der Waals surface area contributed by atoms with Gasteiger partial charge in [-0.25, -0.2) is 0 Å². The van der Waals surface area contributed by atoms with Gasteiger partial charge in [-0.2, -0.15) is 0 Å². The van der Waals surface area contributed by atoms with Crippen LogP contribution in [0.5, 0.6) is 0 Å². The van der Waals surface area contributed by atoms with Crippen LogP contribution in [0.2, 0.25) is 0 Å². The fourth-order valence-electron chi connectivity index (χ4n) is 0.209.